The number of carbonyl (C=O) groups excluding carboxylic acids is 5. The van der Waals surface area contributed by atoms with Gasteiger partial charge in [0.2, 0.25) is 17.7 Å². The highest BCUT2D eigenvalue weighted by Crippen LogP contribution is 2.88. The van der Waals surface area contributed by atoms with Crippen LogP contribution in [0.3, 0.4) is 0 Å². The summed E-state index contributed by atoms with van der Waals surface area (Å²) < 4.78 is 29.9. The fourth-order valence-electron chi connectivity index (χ4n) is 11.9. The minimum atomic E-state index is -4.06. The van der Waals surface area contributed by atoms with E-state index in [-0.39, 0.29) is 70.5 Å². The van der Waals surface area contributed by atoms with Crippen LogP contribution in [0.4, 0.5) is 0 Å². The fourth-order valence-corrected chi connectivity index (χ4v) is 13.2. The molecule has 57 heavy (non-hydrogen) atoms. The first-order valence-corrected chi connectivity index (χ1v) is 23.1. The van der Waals surface area contributed by atoms with Crippen LogP contribution >= 0.6 is 0 Å². The predicted octanol–water partition coefficient (Wildman–Crippen LogP) is 5.42. The Hall–Kier alpha value is -2.64. The average Bonchev–Trinajstić information content (AvgIpc) is 3.53. The van der Waals surface area contributed by atoms with E-state index in [0.717, 1.165) is 51.5 Å². The summed E-state index contributed by atoms with van der Waals surface area (Å²) >= 11 is 0. The highest BCUT2D eigenvalue weighted by atomic mass is 32.2. The third-order valence-electron chi connectivity index (χ3n) is 15.9. The van der Waals surface area contributed by atoms with Crippen molar-refractivity contribution < 1.29 is 32.4 Å². The van der Waals surface area contributed by atoms with E-state index in [1.165, 1.54) is 4.31 Å². The molecule has 3 aliphatic heterocycles. The van der Waals surface area contributed by atoms with Crippen LogP contribution in [0.1, 0.15) is 140 Å². The molecule has 13 heteroatoms. The summed E-state index contributed by atoms with van der Waals surface area (Å²) in [6, 6.07) is -1.75. The lowest BCUT2D eigenvalue weighted by Crippen LogP contribution is -2.56. The molecule has 3 heterocycles. The molecule has 0 radical (unpaired) electrons. The van der Waals surface area contributed by atoms with Gasteiger partial charge in [-0.1, -0.05) is 67.9 Å². The molecular weight excluding hydrogens is 743 g/mol. The van der Waals surface area contributed by atoms with Crippen molar-refractivity contribution in [2.45, 2.75) is 164 Å². The van der Waals surface area contributed by atoms with Crippen LogP contribution in [0.25, 0.3) is 0 Å². The number of carbonyl (C=O) groups is 5. The van der Waals surface area contributed by atoms with E-state index >= 15 is 4.79 Å². The van der Waals surface area contributed by atoms with Crippen molar-refractivity contribution in [1.82, 2.24) is 24.1 Å². The fraction of sp³-hybridized carbons (Fsp3) is 0.841. The summed E-state index contributed by atoms with van der Waals surface area (Å²) in [5, 5.41) is 3.12. The van der Waals surface area contributed by atoms with Gasteiger partial charge in [-0.2, -0.15) is 12.7 Å². The minimum absolute atomic E-state index is 0.0223. The summed E-state index contributed by atoms with van der Waals surface area (Å²) in [4.78, 5) is 76.1. The van der Waals surface area contributed by atoms with E-state index in [2.05, 4.69) is 49.2 Å². The van der Waals surface area contributed by atoms with Crippen molar-refractivity contribution in [3.05, 3.63) is 12.7 Å². The molecule has 3 amide bonds. The number of nitrogens with one attached hydrogen (secondary N) is 2. The lowest BCUT2D eigenvalue weighted by atomic mass is 9.73. The summed E-state index contributed by atoms with van der Waals surface area (Å²) in [6.07, 6.45) is 8.37. The SMILES string of the molecule is C=C[C@@H]1C[C@]1(CC(=O)[C@@H]1C[C@@]2(CN1C(=O)[C@@H](CC(=O)[C@@H](NC(=O)[C@@H]1CCCN1C(C)C)C(C)(C)C)C(C)(C)C)C(C)(C)C21CCC1)C(=O)NS(=O)(=O)N1CCCC1. The van der Waals surface area contributed by atoms with Gasteiger partial charge in [-0.05, 0) is 99.3 Å². The molecule has 2 spiro atoms. The average molecular weight is 814 g/mol. The number of allylic oxidation sites excluding steroid dienone is 1. The summed E-state index contributed by atoms with van der Waals surface area (Å²) in [5.41, 5.74) is -2.90. The third kappa shape index (κ3) is 7.35. The Morgan fingerprint density at radius 2 is 1.49 bits per heavy atom. The molecule has 0 aromatic carbocycles. The molecule has 320 valence electrons. The van der Waals surface area contributed by atoms with Gasteiger partial charge >= 0.3 is 10.2 Å². The number of rotatable bonds is 14. The Morgan fingerprint density at radius 3 is 1.98 bits per heavy atom. The van der Waals surface area contributed by atoms with Gasteiger partial charge < -0.3 is 10.2 Å². The van der Waals surface area contributed by atoms with Gasteiger partial charge in [-0.25, -0.2) is 4.72 Å². The quantitative estimate of drug-likeness (QED) is 0.221. The van der Waals surface area contributed by atoms with Gasteiger partial charge in [0.1, 0.15) is 0 Å². The Morgan fingerprint density at radius 1 is 0.860 bits per heavy atom. The van der Waals surface area contributed by atoms with E-state index in [1.54, 1.807) is 11.0 Å². The highest BCUT2D eigenvalue weighted by Gasteiger charge is 2.85. The number of hydrogen-bond donors (Lipinski definition) is 2. The molecular formula is C44H71N5O7S. The van der Waals surface area contributed by atoms with Gasteiger partial charge in [0.05, 0.1) is 23.5 Å². The van der Waals surface area contributed by atoms with Crippen molar-refractivity contribution in [2.24, 2.45) is 44.3 Å². The first kappa shape index (κ1) is 43.9. The lowest BCUT2D eigenvalue weighted by Gasteiger charge is -2.38. The van der Waals surface area contributed by atoms with Gasteiger partial charge in [0, 0.05) is 49.9 Å². The van der Waals surface area contributed by atoms with Crippen LogP contribution in [-0.4, -0.2) is 102 Å². The number of fused-ring (bicyclic) bond motifs is 1. The molecule has 3 aliphatic carbocycles. The summed E-state index contributed by atoms with van der Waals surface area (Å²) in [5.74, 6) is -2.71. The molecule has 12 nitrogen and oxygen atoms in total. The van der Waals surface area contributed by atoms with Crippen LogP contribution in [-0.2, 0) is 34.2 Å². The van der Waals surface area contributed by atoms with E-state index < -0.39 is 50.4 Å². The second-order valence-corrected chi connectivity index (χ2v) is 23.3. The lowest BCUT2D eigenvalue weighted by molar-refractivity contribution is -0.147. The third-order valence-corrected chi connectivity index (χ3v) is 17.4. The maximum Gasteiger partial charge on any atom is 0.303 e. The van der Waals surface area contributed by atoms with E-state index in [1.807, 2.05) is 41.5 Å². The number of likely N-dealkylation sites (tertiary alicyclic amines) is 2. The van der Waals surface area contributed by atoms with Crippen molar-refractivity contribution in [3.8, 4) is 0 Å². The van der Waals surface area contributed by atoms with Gasteiger partial charge in [-0.15, -0.1) is 6.58 Å². The molecule has 3 saturated heterocycles. The zero-order chi connectivity index (χ0) is 42.3. The standard InChI is InChI=1S/C44H71N5O7S/c1-12-29-24-42(29,38(54)46-57(55,56)47-20-13-14-21-47)26-34(51)32-25-44(41(10,11)43(44)18-16-19-43)27-49(32)37(53)30(39(4,5)6)23-33(50)35(40(7,8)9)45-36(52)31-17-15-22-48(31)28(2)3/h12,28-32,35H,1,13-27H2,2-11H3,(H,45,52)(H,46,54)/t29-,30-,31+,32+,35-,42-,44-/m1/s1. The Labute approximate surface area is 342 Å². The van der Waals surface area contributed by atoms with Crippen molar-refractivity contribution in [1.29, 1.82) is 0 Å². The van der Waals surface area contributed by atoms with Crippen molar-refractivity contribution in [2.75, 3.05) is 26.2 Å². The number of hydrogen-bond acceptors (Lipinski definition) is 8. The largest absolute Gasteiger partial charge is 0.344 e. The van der Waals surface area contributed by atoms with E-state index in [4.69, 9.17) is 0 Å². The Balaban J connectivity index is 1.27. The smallest absolute Gasteiger partial charge is 0.303 e. The van der Waals surface area contributed by atoms with E-state index in [0.29, 0.717) is 32.5 Å². The maximum atomic E-state index is 15.2. The summed E-state index contributed by atoms with van der Waals surface area (Å²) in [6.45, 7) is 26.1. The van der Waals surface area contributed by atoms with Crippen molar-refractivity contribution in [3.63, 3.8) is 0 Å². The number of ketones is 2. The molecule has 6 aliphatic rings. The van der Waals surface area contributed by atoms with Crippen molar-refractivity contribution >= 4 is 39.5 Å². The monoisotopic (exact) mass is 814 g/mol. The molecule has 2 N–H and O–H groups in total. The number of amides is 3. The summed E-state index contributed by atoms with van der Waals surface area (Å²) in [7, 11) is -4.06. The molecule has 3 saturated carbocycles. The maximum absolute atomic E-state index is 15.2. The second-order valence-electron chi connectivity index (χ2n) is 21.6. The minimum Gasteiger partial charge on any atom is -0.344 e. The van der Waals surface area contributed by atoms with Crippen LogP contribution < -0.4 is 10.0 Å². The van der Waals surface area contributed by atoms with Gasteiger partial charge in [0.15, 0.2) is 11.6 Å². The van der Waals surface area contributed by atoms with Crippen LogP contribution in [0, 0.1) is 44.3 Å². The molecule has 6 rings (SSSR count). The number of nitrogens with zero attached hydrogens (tertiary/aromatic N) is 3. The molecule has 0 aromatic rings. The Kier molecular flexibility index (Phi) is 11.4. The first-order chi connectivity index (χ1) is 26.3. The highest BCUT2D eigenvalue weighted by molar-refractivity contribution is 7.87. The Bertz CT molecular complexity index is 1770. The van der Waals surface area contributed by atoms with Gasteiger partial charge in [-0.3, -0.25) is 28.9 Å². The normalized spacial score (nSPS) is 31.9. The van der Waals surface area contributed by atoms with Crippen LogP contribution in [0.2, 0.25) is 0 Å². The topological polar surface area (TPSA) is 153 Å². The zero-order valence-corrected chi connectivity index (χ0v) is 37.3. The molecule has 0 aromatic heterocycles. The zero-order valence-electron chi connectivity index (χ0n) is 36.5. The predicted molar refractivity (Wildman–Crippen MR) is 220 cm³/mol. The molecule has 0 bridgehead atoms. The van der Waals surface area contributed by atoms with Crippen LogP contribution in [0.15, 0.2) is 12.7 Å². The van der Waals surface area contributed by atoms with E-state index in [9.17, 15) is 27.6 Å². The van der Waals surface area contributed by atoms with Gasteiger partial charge in [0.25, 0.3) is 0 Å². The molecule has 6 fully saturated rings. The molecule has 7 atom stereocenters. The first-order valence-electron chi connectivity index (χ1n) is 21.7. The molecule has 0 unspecified atom stereocenters. The second kappa shape index (κ2) is 14.8. The van der Waals surface area contributed by atoms with Crippen LogP contribution in [0.5, 0.6) is 0 Å². The number of Topliss-reactive ketones (excluding diaryl/α,β-unsaturated/α-hetero) is 2.